The fourth-order valence-corrected chi connectivity index (χ4v) is 2.93. The summed E-state index contributed by atoms with van der Waals surface area (Å²) in [5.74, 6) is -0.323. The maximum atomic E-state index is 12.1. The van der Waals surface area contributed by atoms with E-state index in [0.29, 0.717) is 6.54 Å². The van der Waals surface area contributed by atoms with E-state index in [4.69, 9.17) is 10.2 Å². The molecule has 22 heavy (non-hydrogen) atoms. The average molecular weight is 331 g/mol. The Hall–Kier alpha value is -1.38. The molecule has 0 aromatic carbocycles. The summed E-state index contributed by atoms with van der Waals surface area (Å²) in [7, 11) is -0.791. The lowest BCUT2D eigenvalue weighted by molar-refractivity contribution is 0.0913. The molecule has 0 unspecified atom stereocenters. The van der Waals surface area contributed by atoms with Crippen LogP contribution in [0.3, 0.4) is 0 Å². The predicted octanol–water partition coefficient (Wildman–Crippen LogP) is 1.09. The molecule has 8 heteroatoms. The third kappa shape index (κ3) is 3.88. The topological polar surface area (TPSA) is 106 Å². The number of hydrogen-bond acceptors (Lipinski definition) is 5. The fraction of sp³-hybridized carbons (Fsp3) is 0.643. The summed E-state index contributed by atoms with van der Waals surface area (Å²) in [6.07, 6.45) is 1.45. The van der Waals surface area contributed by atoms with Crippen molar-refractivity contribution in [2.75, 3.05) is 20.6 Å². The number of amides is 1. The maximum absolute atomic E-state index is 12.1. The lowest BCUT2D eigenvalue weighted by Gasteiger charge is -2.26. The van der Waals surface area contributed by atoms with Crippen LogP contribution >= 0.6 is 0 Å². The van der Waals surface area contributed by atoms with Crippen molar-refractivity contribution in [1.82, 2.24) is 9.62 Å². The van der Waals surface area contributed by atoms with Crippen LogP contribution in [-0.4, -0.2) is 44.8 Å². The molecule has 0 radical (unpaired) electrons. The van der Waals surface area contributed by atoms with E-state index in [1.165, 1.54) is 27.1 Å². The monoisotopic (exact) mass is 331 g/mol. The molecular formula is C14H25N3O4S. The highest BCUT2D eigenvalue weighted by Gasteiger charge is 2.27. The van der Waals surface area contributed by atoms with Crippen LogP contribution in [-0.2, 0) is 10.0 Å². The van der Waals surface area contributed by atoms with Crippen molar-refractivity contribution >= 4 is 15.9 Å². The molecule has 0 spiro atoms. The molecular weight excluding hydrogens is 306 g/mol. The third-order valence-corrected chi connectivity index (χ3v) is 5.79. The van der Waals surface area contributed by atoms with Crippen LogP contribution in [0.5, 0.6) is 0 Å². The predicted molar refractivity (Wildman–Crippen MR) is 84.2 cm³/mol. The lowest BCUT2D eigenvalue weighted by Crippen LogP contribution is -2.49. The minimum atomic E-state index is -3.64. The molecule has 1 aromatic rings. The van der Waals surface area contributed by atoms with Crippen molar-refractivity contribution in [3.63, 3.8) is 0 Å². The molecule has 126 valence electrons. The zero-order chi connectivity index (χ0) is 17.1. The Morgan fingerprint density at radius 2 is 1.91 bits per heavy atom. The number of nitrogens with one attached hydrogen (secondary N) is 1. The highest BCUT2D eigenvalue weighted by atomic mass is 32.2. The van der Waals surface area contributed by atoms with Gasteiger partial charge in [-0.2, -0.15) is 0 Å². The van der Waals surface area contributed by atoms with Gasteiger partial charge in [-0.25, -0.2) is 12.7 Å². The van der Waals surface area contributed by atoms with Gasteiger partial charge in [0.1, 0.15) is 10.7 Å². The molecule has 1 amide bonds. The molecule has 1 rings (SSSR count). The van der Waals surface area contributed by atoms with Gasteiger partial charge in [0.15, 0.2) is 5.76 Å². The van der Waals surface area contributed by atoms with Gasteiger partial charge in [-0.3, -0.25) is 4.79 Å². The highest BCUT2D eigenvalue weighted by Crippen LogP contribution is 2.22. The Balaban J connectivity index is 2.94. The molecule has 1 heterocycles. The summed E-state index contributed by atoms with van der Waals surface area (Å²) < 4.78 is 30.6. The number of furan rings is 1. The van der Waals surface area contributed by atoms with Gasteiger partial charge >= 0.3 is 0 Å². The Morgan fingerprint density at radius 3 is 2.36 bits per heavy atom. The SMILES string of the molecule is CCC(N)(CC)CNC(=O)c1cc(S(=O)(=O)N(C)C)c(C)o1. The van der Waals surface area contributed by atoms with Crippen molar-refractivity contribution in [3.8, 4) is 0 Å². The zero-order valence-corrected chi connectivity index (χ0v) is 14.6. The van der Waals surface area contributed by atoms with Gasteiger partial charge < -0.3 is 15.5 Å². The van der Waals surface area contributed by atoms with Gasteiger partial charge in [-0.15, -0.1) is 0 Å². The van der Waals surface area contributed by atoms with Crippen molar-refractivity contribution in [2.24, 2.45) is 5.73 Å². The van der Waals surface area contributed by atoms with Crippen molar-refractivity contribution in [3.05, 3.63) is 17.6 Å². The minimum Gasteiger partial charge on any atom is -0.455 e. The number of nitrogens with zero attached hydrogens (tertiary/aromatic N) is 1. The number of hydrogen-bond donors (Lipinski definition) is 2. The normalized spacial score (nSPS) is 12.7. The summed E-state index contributed by atoms with van der Waals surface area (Å²) in [4.78, 5) is 12.1. The number of carbonyl (C=O) groups is 1. The molecule has 0 bridgehead atoms. The molecule has 0 saturated heterocycles. The van der Waals surface area contributed by atoms with Crippen LogP contribution in [0, 0.1) is 6.92 Å². The van der Waals surface area contributed by atoms with E-state index in [9.17, 15) is 13.2 Å². The third-order valence-electron chi connectivity index (χ3n) is 3.86. The van der Waals surface area contributed by atoms with Crippen LogP contribution in [0.1, 0.15) is 43.0 Å². The first kappa shape index (κ1) is 18.7. The van der Waals surface area contributed by atoms with Crippen LogP contribution < -0.4 is 11.1 Å². The van der Waals surface area contributed by atoms with E-state index in [-0.39, 0.29) is 16.4 Å². The number of sulfonamides is 1. The van der Waals surface area contributed by atoms with E-state index >= 15 is 0 Å². The van der Waals surface area contributed by atoms with Gasteiger partial charge in [0.25, 0.3) is 5.91 Å². The maximum Gasteiger partial charge on any atom is 0.287 e. The van der Waals surface area contributed by atoms with E-state index in [2.05, 4.69) is 5.32 Å². The quantitative estimate of drug-likeness (QED) is 0.778. The van der Waals surface area contributed by atoms with Crippen LogP contribution in [0.25, 0.3) is 0 Å². The Labute approximate surface area is 131 Å². The molecule has 0 saturated carbocycles. The largest absolute Gasteiger partial charge is 0.455 e. The van der Waals surface area contributed by atoms with Gasteiger partial charge in [-0.1, -0.05) is 13.8 Å². The number of rotatable bonds is 7. The van der Waals surface area contributed by atoms with E-state index in [1.807, 2.05) is 13.8 Å². The highest BCUT2D eigenvalue weighted by molar-refractivity contribution is 7.89. The van der Waals surface area contributed by atoms with Gasteiger partial charge in [0, 0.05) is 32.2 Å². The zero-order valence-electron chi connectivity index (χ0n) is 13.8. The van der Waals surface area contributed by atoms with E-state index in [1.54, 1.807) is 0 Å². The first-order chi connectivity index (χ1) is 10.1. The first-order valence-electron chi connectivity index (χ1n) is 7.17. The standard InChI is InChI=1S/C14H25N3O4S/c1-6-14(15,7-2)9-16-13(18)11-8-12(10(3)21-11)22(19,20)17(4)5/h8H,6-7,9,15H2,1-5H3,(H,16,18). The molecule has 0 fully saturated rings. The second kappa shape index (κ2) is 6.80. The Kier molecular flexibility index (Phi) is 5.77. The Morgan fingerprint density at radius 1 is 1.36 bits per heavy atom. The number of carbonyl (C=O) groups excluding carboxylic acids is 1. The van der Waals surface area contributed by atoms with Crippen molar-refractivity contribution in [2.45, 2.75) is 44.0 Å². The van der Waals surface area contributed by atoms with Gasteiger partial charge in [0.2, 0.25) is 10.0 Å². The van der Waals surface area contributed by atoms with Crippen LogP contribution in [0.2, 0.25) is 0 Å². The molecule has 7 nitrogen and oxygen atoms in total. The smallest absolute Gasteiger partial charge is 0.287 e. The number of nitrogens with two attached hydrogens (primary N) is 1. The second-order valence-electron chi connectivity index (χ2n) is 5.57. The summed E-state index contributed by atoms with van der Waals surface area (Å²) in [6.45, 7) is 5.72. The summed E-state index contributed by atoms with van der Waals surface area (Å²) in [5.41, 5.74) is 5.64. The van der Waals surface area contributed by atoms with Crippen molar-refractivity contribution < 1.29 is 17.6 Å². The molecule has 0 aliphatic carbocycles. The van der Waals surface area contributed by atoms with Gasteiger partial charge in [0.05, 0.1) is 0 Å². The summed E-state index contributed by atoms with van der Waals surface area (Å²) >= 11 is 0. The average Bonchev–Trinajstić information content (AvgIpc) is 2.87. The molecule has 0 atom stereocenters. The van der Waals surface area contributed by atoms with E-state index in [0.717, 1.165) is 17.1 Å². The summed E-state index contributed by atoms with van der Waals surface area (Å²) in [6, 6.07) is 1.25. The summed E-state index contributed by atoms with van der Waals surface area (Å²) in [5, 5.41) is 2.70. The number of aryl methyl sites for hydroxylation is 1. The molecule has 1 aromatic heterocycles. The Bertz CT molecular complexity index is 631. The van der Waals surface area contributed by atoms with Crippen LogP contribution in [0.4, 0.5) is 0 Å². The minimum absolute atomic E-state index is 0.00681. The van der Waals surface area contributed by atoms with E-state index < -0.39 is 21.5 Å². The second-order valence-corrected chi connectivity index (χ2v) is 7.69. The molecule has 0 aliphatic heterocycles. The molecule has 3 N–H and O–H groups in total. The van der Waals surface area contributed by atoms with Gasteiger partial charge in [-0.05, 0) is 19.8 Å². The first-order valence-corrected chi connectivity index (χ1v) is 8.61. The van der Waals surface area contributed by atoms with Crippen LogP contribution in [0.15, 0.2) is 15.4 Å². The van der Waals surface area contributed by atoms with Crippen molar-refractivity contribution in [1.29, 1.82) is 0 Å². The fourth-order valence-electron chi connectivity index (χ4n) is 1.87. The molecule has 0 aliphatic rings. The lowest BCUT2D eigenvalue weighted by atomic mass is 9.94.